The van der Waals surface area contributed by atoms with Crippen molar-refractivity contribution in [2.24, 2.45) is 5.92 Å². The van der Waals surface area contributed by atoms with Crippen LogP contribution in [-0.2, 0) is 4.79 Å². The molecular formula is C10H13N3O2S. The summed E-state index contributed by atoms with van der Waals surface area (Å²) in [5.74, 6) is 1.24. The SMILES string of the molecule is Cc1cc(=O)[nH]c(N2CC(CS)CC2=O)n1. The van der Waals surface area contributed by atoms with Gasteiger partial charge in [-0.05, 0) is 18.6 Å². The maximum absolute atomic E-state index is 11.7. The van der Waals surface area contributed by atoms with Crippen LogP contribution in [-0.4, -0.2) is 28.2 Å². The van der Waals surface area contributed by atoms with Gasteiger partial charge in [0.2, 0.25) is 11.9 Å². The number of nitrogens with one attached hydrogen (secondary N) is 1. The zero-order chi connectivity index (χ0) is 11.7. The summed E-state index contributed by atoms with van der Waals surface area (Å²) in [4.78, 5) is 31.2. The van der Waals surface area contributed by atoms with Crippen molar-refractivity contribution in [3.05, 3.63) is 22.1 Å². The lowest BCUT2D eigenvalue weighted by atomic mass is 10.1. The number of nitrogens with zero attached hydrogens (tertiary/aromatic N) is 2. The van der Waals surface area contributed by atoms with Gasteiger partial charge in [-0.25, -0.2) is 4.98 Å². The number of aromatic amines is 1. The maximum atomic E-state index is 11.7. The molecule has 6 heteroatoms. The molecule has 86 valence electrons. The minimum absolute atomic E-state index is 0.00667. The Labute approximate surface area is 98.3 Å². The molecule has 2 rings (SSSR count). The van der Waals surface area contributed by atoms with Gasteiger partial charge in [0, 0.05) is 24.7 Å². The molecule has 1 aliphatic rings. The topological polar surface area (TPSA) is 66.1 Å². The smallest absolute Gasteiger partial charge is 0.252 e. The normalized spacial score (nSPS) is 20.5. The average Bonchev–Trinajstić information content (AvgIpc) is 2.58. The van der Waals surface area contributed by atoms with E-state index in [0.29, 0.717) is 30.4 Å². The first-order valence-corrected chi connectivity index (χ1v) is 5.72. The quantitative estimate of drug-likeness (QED) is 0.732. The second-order valence-corrected chi connectivity index (χ2v) is 4.33. The molecule has 1 aliphatic heterocycles. The van der Waals surface area contributed by atoms with Crippen molar-refractivity contribution < 1.29 is 4.79 Å². The fourth-order valence-electron chi connectivity index (χ4n) is 1.80. The molecule has 1 unspecified atom stereocenters. The Hall–Kier alpha value is -1.30. The van der Waals surface area contributed by atoms with Gasteiger partial charge in [-0.1, -0.05) is 0 Å². The monoisotopic (exact) mass is 239 g/mol. The van der Waals surface area contributed by atoms with Crippen molar-refractivity contribution in [3.63, 3.8) is 0 Å². The first-order chi connectivity index (χ1) is 7.60. The number of hydrogen-bond acceptors (Lipinski definition) is 4. The van der Waals surface area contributed by atoms with Crippen molar-refractivity contribution in [3.8, 4) is 0 Å². The van der Waals surface area contributed by atoms with E-state index in [1.807, 2.05) is 0 Å². The number of carbonyl (C=O) groups excluding carboxylic acids is 1. The number of H-pyrrole nitrogens is 1. The third-order valence-electron chi connectivity index (χ3n) is 2.58. The summed E-state index contributed by atoms with van der Waals surface area (Å²) < 4.78 is 0. The molecule has 1 N–H and O–H groups in total. The number of carbonyl (C=O) groups is 1. The second-order valence-electron chi connectivity index (χ2n) is 3.97. The summed E-state index contributed by atoms with van der Waals surface area (Å²) in [6, 6.07) is 1.40. The third-order valence-corrected chi connectivity index (χ3v) is 3.09. The Balaban J connectivity index is 2.31. The van der Waals surface area contributed by atoms with Crippen molar-refractivity contribution in [1.82, 2.24) is 9.97 Å². The number of aryl methyl sites for hydroxylation is 1. The van der Waals surface area contributed by atoms with E-state index in [-0.39, 0.29) is 17.4 Å². The van der Waals surface area contributed by atoms with Gasteiger partial charge in [-0.15, -0.1) is 0 Å². The second kappa shape index (κ2) is 4.29. The molecule has 1 amide bonds. The minimum atomic E-state index is -0.232. The Morgan fingerprint density at radius 3 is 2.94 bits per heavy atom. The van der Waals surface area contributed by atoms with Crippen molar-refractivity contribution in [2.75, 3.05) is 17.2 Å². The van der Waals surface area contributed by atoms with E-state index in [1.54, 1.807) is 6.92 Å². The number of hydrogen-bond donors (Lipinski definition) is 2. The van der Waals surface area contributed by atoms with Crippen LogP contribution >= 0.6 is 12.6 Å². The highest BCUT2D eigenvalue weighted by atomic mass is 32.1. The van der Waals surface area contributed by atoms with Crippen molar-refractivity contribution in [2.45, 2.75) is 13.3 Å². The summed E-state index contributed by atoms with van der Waals surface area (Å²) in [6.45, 7) is 2.31. The van der Waals surface area contributed by atoms with Gasteiger partial charge in [0.05, 0.1) is 0 Å². The van der Waals surface area contributed by atoms with Gasteiger partial charge in [0.1, 0.15) is 0 Å². The highest BCUT2D eigenvalue weighted by Gasteiger charge is 2.31. The predicted octanol–water partition coefficient (Wildman–Crippen LogP) is 0.361. The molecule has 1 saturated heterocycles. The van der Waals surface area contributed by atoms with E-state index in [0.717, 1.165) is 0 Å². The summed E-state index contributed by atoms with van der Waals surface area (Å²) in [7, 11) is 0. The highest BCUT2D eigenvalue weighted by Crippen LogP contribution is 2.22. The molecule has 0 aliphatic carbocycles. The maximum Gasteiger partial charge on any atom is 0.252 e. The molecule has 1 fully saturated rings. The molecule has 0 saturated carbocycles. The first-order valence-electron chi connectivity index (χ1n) is 5.09. The number of anilines is 1. The Morgan fingerprint density at radius 2 is 2.38 bits per heavy atom. The zero-order valence-corrected chi connectivity index (χ0v) is 9.83. The molecule has 0 bridgehead atoms. The third kappa shape index (κ3) is 2.11. The van der Waals surface area contributed by atoms with Crippen molar-refractivity contribution in [1.29, 1.82) is 0 Å². The molecule has 1 aromatic heterocycles. The van der Waals surface area contributed by atoms with Gasteiger partial charge >= 0.3 is 0 Å². The van der Waals surface area contributed by atoms with Gasteiger partial charge in [0.15, 0.2) is 0 Å². The zero-order valence-electron chi connectivity index (χ0n) is 8.93. The minimum Gasteiger partial charge on any atom is -0.292 e. The largest absolute Gasteiger partial charge is 0.292 e. The van der Waals surface area contributed by atoms with Crippen LogP contribution in [0.1, 0.15) is 12.1 Å². The van der Waals surface area contributed by atoms with E-state index >= 15 is 0 Å². The van der Waals surface area contributed by atoms with Crippen LogP contribution in [0.4, 0.5) is 5.95 Å². The van der Waals surface area contributed by atoms with E-state index in [1.165, 1.54) is 11.0 Å². The molecule has 1 atom stereocenters. The van der Waals surface area contributed by atoms with E-state index in [9.17, 15) is 9.59 Å². The summed E-state index contributed by atoms with van der Waals surface area (Å²) >= 11 is 4.18. The van der Waals surface area contributed by atoms with Gasteiger partial charge in [-0.3, -0.25) is 19.5 Å². The van der Waals surface area contributed by atoms with E-state index < -0.39 is 0 Å². The average molecular weight is 239 g/mol. The molecule has 2 heterocycles. The van der Waals surface area contributed by atoms with Crippen LogP contribution in [0.15, 0.2) is 10.9 Å². The summed E-state index contributed by atoms with van der Waals surface area (Å²) in [6.07, 6.45) is 0.473. The molecule has 0 spiro atoms. The lowest BCUT2D eigenvalue weighted by molar-refractivity contribution is -0.117. The van der Waals surface area contributed by atoms with Crippen LogP contribution in [0.2, 0.25) is 0 Å². The van der Waals surface area contributed by atoms with Crippen LogP contribution in [0, 0.1) is 12.8 Å². The van der Waals surface area contributed by atoms with Gasteiger partial charge in [0.25, 0.3) is 5.56 Å². The van der Waals surface area contributed by atoms with Crippen molar-refractivity contribution >= 4 is 24.5 Å². The standard InChI is InChI=1S/C10H13N3O2S/c1-6-2-8(14)12-10(11-6)13-4-7(5-16)3-9(13)15/h2,7,16H,3-5H2,1H3,(H,11,12,14). The molecule has 0 radical (unpaired) electrons. The Kier molecular flexibility index (Phi) is 3.00. The predicted molar refractivity (Wildman–Crippen MR) is 63.9 cm³/mol. The van der Waals surface area contributed by atoms with Crippen LogP contribution in [0.25, 0.3) is 0 Å². The van der Waals surface area contributed by atoms with Gasteiger partial charge < -0.3 is 0 Å². The lowest BCUT2D eigenvalue weighted by Crippen LogP contribution is -2.29. The first kappa shape index (κ1) is 11.2. The summed E-state index contributed by atoms with van der Waals surface area (Å²) in [5, 5.41) is 0. The van der Waals surface area contributed by atoms with E-state index in [4.69, 9.17) is 0 Å². The number of rotatable bonds is 2. The number of amides is 1. The summed E-state index contributed by atoms with van der Waals surface area (Å²) in [5.41, 5.74) is 0.380. The number of aromatic nitrogens is 2. The molecule has 5 nitrogen and oxygen atoms in total. The van der Waals surface area contributed by atoms with E-state index in [2.05, 4.69) is 22.6 Å². The van der Waals surface area contributed by atoms with Gasteiger partial charge in [-0.2, -0.15) is 12.6 Å². The fraction of sp³-hybridized carbons (Fsp3) is 0.500. The lowest BCUT2D eigenvalue weighted by Gasteiger charge is -2.14. The molecule has 16 heavy (non-hydrogen) atoms. The number of thiol groups is 1. The van der Waals surface area contributed by atoms with Crippen LogP contribution in [0.5, 0.6) is 0 Å². The Morgan fingerprint density at radius 1 is 1.62 bits per heavy atom. The van der Waals surface area contributed by atoms with Crippen LogP contribution in [0.3, 0.4) is 0 Å². The molecular weight excluding hydrogens is 226 g/mol. The highest BCUT2D eigenvalue weighted by molar-refractivity contribution is 7.80. The molecule has 1 aromatic rings. The Bertz CT molecular complexity index is 471. The fourth-order valence-corrected chi connectivity index (χ4v) is 2.04. The van der Waals surface area contributed by atoms with Crippen LogP contribution < -0.4 is 10.5 Å². The molecule has 0 aromatic carbocycles.